The second kappa shape index (κ2) is 7.26. The molecule has 0 heterocycles. The number of rotatable bonds is 5. The van der Waals surface area contributed by atoms with Crippen LogP contribution in [0.4, 0.5) is 10.5 Å². The van der Waals surface area contributed by atoms with Crippen LogP contribution in [-0.4, -0.2) is 11.9 Å². The van der Waals surface area contributed by atoms with Gasteiger partial charge in [0.05, 0.1) is 6.42 Å². The molecule has 0 saturated heterocycles. The second-order valence-electron chi connectivity index (χ2n) is 5.03. The topological polar surface area (TPSA) is 84.2 Å². The molecule has 5 nitrogen and oxygen atoms in total. The molecule has 0 radical (unpaired) electrons. The highest BCUT2D eigenvalue weighted by atomic mass is 16.2. The van der Waals surface area contributed by atoms with E-state index in [9.17, 15) is 9.59 Å². The summed E-state index contributed by atoms with van der Waals surface area (Å²) in [6.07, 6.45) is 0.0915. The maximum atomic E-state index is 12.0. The summed E-state index contributed by atoms with van der Waals surface area (Å²) in [6.45, 7) is 2.44. The summed E-state index contributed by atoms with van der Waals surface area (Å²) in [6, 6.07) is 14.6. The van der Waals surface area contributed by atoms with Crippen LogP contribution >= 0.6 is 0 Å². The standard InChI is InChI=1S/C17H19N3O2/c1-12-6-2-3-8-14(12)11-19-17(22)20-15-9-5-4-7-13(15)10-16(18)21/h2-9H,10-11H2,1H3,(H2,18,21)(H2,19,20,22). The molecule has 2 aromatic carbocycles. The first-order chi connectivity index (χ1) is 10.6. The van der Waals surface area contributed by atoms with Gasteiger partial charge in [-0.15, -0.1) is 0 Å². The number of benzene rings is 2. The number of amides is 3. The maximum Gasteiger partial charge on any atom is 0.319 e. The van der Waals surface area contributed by atoms with Crippen molar-refractivity contribution in [2.75, 3.05) is 5.32 Å². The third-order valence-electron chi connectivity index (χ3n) is 3.33. The quantitative estimate of drug-likeness (QED) is 0.791. The third kappa shape index (κ3) is 4.34. The van der Waals surface area contributed by atoms with Crippen molar-refractivity contribution in [1.29, 1.82) is 0 Å². The SMILES string of the molecule is Cc1ccccc1CNC(=O)Nc1ccccc1CC(N)=O. The van der Waals surface area contributed by atoms with Gasteiger partial charge in [0.15, 0.2) is 0 Å². The Balaban J connectivity index is 1.98. The smallest absolute Gasteiger partial charge is 0.319 e. The van der Waals surface area contributed by atoms with Crippen molar-refractivity contribution in [3.8, 4) is 0 Å². The fourth-order valence-corrected chi connectivity index (χ4v) is 2.13. The van der Waals surface area contributed by atoms with E-state index in [1.165, 1.54) is 0 Å². The number of primary amides is 1. The molecule has 4 N–H and O–H groups in total. The summed E-state index contributed by atoms with van der Waals surface area (Å²) >= 11 is 0. The molecular weight excluding hydrogens is 278 g/mol. The third-order valence-corrected chi connectivity index (χ3v) is 3.33. The van der Waals surface area contributed by atoms with Crippen LogP contribution in [0.5, 0.6) is 0 Å². The number of carbonyl (C=O) groups excluding carboxylic acids is 2. The van der Waals surface area contributed by atoms with Gasteiger partial charge in [0.2, 0.25) is 5.91 Å². The molecule has 2 rings (SSSR count). The monoisotopic (exact) mass is 297 g/mol. The first kappa shape index (κ1) is 15.6. The minimum atomic E-state index is -0.436. The highest BCUT2D eigenvalue weighted by Gasteiger charge is 2.08. The zero-order valence-electron chi connectivity index (χ0n) is 12.4. The largest absolute Gasteiger partial charge is 0.369 e. The lowest BCUT2D eigenvalue weighted by Gasteiger charge is -2.12. The molecule has 0 aliphatic rings. The Morgan fingerprint density at radius 2 is 1.64 bits per heavy atom. The molecule has 0 aliphatic carbocycles. The van der Waals surface area contributed by atoms with Crippen LogP contribution in [-0.2, 0) is 17.8 Å². The Kier molecular flexibility index (Phi) is 5.14. The Morgan fingerprint density at radius 1 is 1.00 bits per heavy atom. The predicted molar refractivity (Wildman–Crippen MR) is 86.4 cm³/mol. The normalized spacial score (nSPS) is 10.0. The number of urea groups is 1. The molecule has 3 amide bonds. The van der Waals surface area contributed by atoms with Crippen LogP contribution in [0.1, 0.15) is 16.7 Å². The molecule has 5 heteroatoms. The zero-order chi connectivity index (χ0) is 15.9. The molecule has 114 valence electrons. The number of nitrogens with one attached hydrogen (secondary N) is 2. The van der Waals surface area contributed by atoms with Crippen LogP contribution in [0.2, 0.25) is 0 Å². The molecule has 2 aromatic rings. The van der Waals surface area contributed by atoms with Crippen molar-refractivity contribution in [2.45, 2.75) is 19.9 Å². The number of aryl methyl sites for hydroxylation is 1. The molecule has 22 heavy (non-hydrogen) atoms. The molecule has 0 fully saturated rings. The highest BCUT2D eigenvalue weighted by Crippen LogP contribution is 2.15. The van der Waals surface area contributed by atoms with E-state index in [1.807, 2.05) is 31.2 Å². The van der Waals surface area contributed by atoms with Gasteiger partial charge in [-0.25, -0.2) is 4.79 Å². The van der Waals surface area contributed by atoms with Gasteiger partial charge in [0.25, 0.3) is 0 Å². The Bertz CT molecular complexity index is 683. The van der Waals surface area contributed by atoms with Gasteiger partial charge in [0.1, 0.15) is 0 Å². The molecule has 0 atom stereocenters. The summed E-state index contributed by atoms with van der Waals surface area (Å²) in [4.78, 5) is 23.0. The second-order valence-corrected chi connectivity index (χ2v) is 5.03. The lowest BCUT2D eigenvalue weighted by Crippen LogP contribution is -2.29. The van der Waals surface area contributed by atoms with E-state index >= 15 is 0 Å². The van der Waals surface area contributed by atoms with Crippen LogP contribution in [0.25, 0.3) is 0 Å². The number of hydrogen-bond acceptors (Lipinski definition) is 2. The summed E-state index contributed by atoms with van der Waals surface area (Å²) in [7, 11) is 0. The molecule has 0 saturated carbocycles. The van der Waals surface area contributed by atoms with Gasteiger partial charge < -0.3 is 16.4 Å². The van der Waals surface area contributed by atoms with Gasteiger partial charge >= 0.3 is 6.03 Å². The van der Waals surface area contributed by atoms with E-state index in [-0.39, 0.29) is 12.5 Å². The van der Waals surface area contributed by atoms with Gasteiger partial charge in [0, 0.05) is 12.2 Å². The first-order valence-corrected chi connectivity index (χ1v) is 7.02. The highest BCUT2D eigenvalue weighted by molar-refractivity contribution is 5.91. The lowest BCUT2D eigenvalue weighted by molar-refractivity contribution is -0.117. The molecule has 0 unspecified atom stereocenters. The average Bonchev–Trinajstić information content (AvgIpc) is 2.48. The van der Waals surface area contributed by atoms with E-state index in [2.05, 4.69) is 10.6 Å². The van der Waals surface area contributed by atoms with Crippen LogP contribution in [0.15, 0.2) is 48.5 Å². The average molecular weight is 297 g/mol. The van der Waals surface area contributed by atoms with E-state index in [4.69, 9.17) is 5.73 Å². The number of anilines is 1. The summed E-state index contributed by atoms with van der Waals surface area (Å²) in [5.74, 6) is -0.436. The Morgan fingerprint density at radius 3 is 2.32 bits per heavy atom. The molecule has 0 spiro atoms. The van der Waals surface area contributed by atoms with Crippen molar-refractivity contribution in [3.05, 3.63) is 65.2 Å². The van der Waals surface area contributed by atoms with Crippen LogP contribution in [0, 0.1) is 6.92 Å². The van der Waals surface area contributed by atoms with Gasteiger partial charge in [-0.2, -0.15) is 0 Å². The molecule has 0 aliphatic heterocycles. The number of nitrogens with two attached hydrogens (primary N) is 1. The van der Waals surface area contributed by atoms with Crippen molar-refractivity contribution in [2.24, 2.45) is 5.73 Å². The number of hydrogen-bond donors (Lipinski definition) is 3. The Hall–Kier alpha value is -2.82. The fourth-order valence-electron chi connectivity index (χ4n) is 2.13. The molecule has 0 bridgehead atoms. The van der Waals surface area contributed by atoms with Gasteiger partial charge in [-0.3, -0.25) is 4.79 Å². The van der Waals surface area contributed by atoms with E-state index < -0.39 is 5.91 Å². The van der Waals surface area contributed by atoms with Crippen molar-refractivity contribution < 1.29 is 9.59 Å². The fraction of sp³-hybridized carbons (Fsp3) is 0.176. The van der Waals surface area contributed by atoms with E-state index in [0.29, 0.717) is 17.8 Å². The lowest BCUT2D eigenvalue weighted by atomic mass is 10.1. The van der Waals surface area contributed by atoms with Gasteiger partial charge in [-0.1, -0.05) is 42.5 Å². The van der Waals surface area contributed by atoms with Crippen molar-refractivity contribution >= 4 is 17.6 Å². The summed E-state index contributed by atoms with van der Waals surface area (Å²) in [5, 5.41) is 5.55. The van der Waals surface area contributed by atoms with Crippen molar-refractivity contribution in [1.82, 2.24) is 5.32 Å². The summed E-state index contributed by atoms with van der Waals surface area (Å²) < 4.78 is 0. The minimum absolute atomic E-state index is 0.0915. The van der Waals surface area contributed by atoms with Crippen LogP contribution in [0.3, 0.4) is 0 Å². The minimum Gasteiger partial charge on any atom is -0.369 e. The molecule has 0 aromatic heterocycles. The Labute approximate surface area is 129 Å². The predicted octanol–water partition coefficient (Wildman–Crippen LogP) is 2.34. The number of carbonyl (C=O) groups is 2. The van der Waals surface area contributed by atoms with Crippen molar-refractivity contribution in [3.63, 3.8) is 0 Å². The zero-order valence-corrected chi connectivity index (χ0v) is 12.4. The number of para-hydroxylation sites is 1. The van der Waals surface area contributed by atoms with Crippen LogP contribution < -0.4 is 16.4 Å². The summed E-state index contributed by atoms with van der Waals surface area (Å²) in [5.41, 5.74) is 8.67. The van der Waals surface area contributed by atoms with E-state index in [1.54, 1.807) is 24.3 Å². The maximum absolute atomic E-state index is 12.0. The molecular formula is C17H19N3O2. The van der Waals surface area contributed by atoms with Gasteiger partial charge in [-0.05, 0) is 29.7 Å². The first-order valence-electron chi connectivity index (χ1n) is 7.02. The van der Waals surface area contributed by atoms with E-state index in [0.717, 1.165) is 11.1 Å².